The number of phenols is 1. The van der Waals surface area contributed by atoms with E-state index in [1.54, 1.807) is 64.1 Å². The van der Waals surface area contributed by atoms with Crippen LogP contribution in [0.1, 0.15) is 51.7 Å². The fraction of sp³-hybridized carbons (Fsp3) is 0.469. The van der Waals surface area contributed by atoms with Crippen molar-refractivity contribution in [1.82, 2.24) is 21.0 Å². The number of aliphatic imine (C=N–C) groups is 1. The highest BCUT2D eigenvalue weighted by Gasteiger charge is 2.59. The summed E-state index contributed by atoms with van der Waals surface area (Å²) >= 11 is 0. The average Bonchev–Trinajstić information content (AvgIpc) is 3.16. The van der Waals surface area contributed by atoms with Crippen LogP contribution in [0.3, 0.4) is 0 Å². The molecule has 3 rings (SSSR count). The van der Waals surface area contributed by atoms with Crippen molar-refractivity contribution in [3.8, 4) is 11.5 Å². The number of hydrogen-bond acceptors (Lipinski definition) is 9. The Morgan fingerprint density at radius 1 is 1.00 bits per heavy atom. The van der Waals surface area contributed by atoms with Gasteiger partial charge in [-0.05, 0) is 82.5 Å². The van der Waals surface area contributed by atoms with E-state index in [2.05, 4.69) is 20.9 Å². The van der Waals surface area contributed by atoms with Crippen molar-refractivity contribution in [1.29, 1.82) is 0 Å². The number of nitrogens with zero attached hydrogens (tertiary/aromatic N) is 3. The lowest BCUT2D eigenvalue weighted by atomic mass is 9.84. The number of amides is 3. The molecule has 0 spiro atoms. The molecule has 0 aliphatic carbocycles. The maximum atomic E-state index is 13.1. The Labute approximate surface area is 279 Å². The van der Waals surface area contributed by atoms with Gasteiger partial charge in [-0.2, -0.15) is 0 Å². The van der Waals surface area contributed by atoms with Gasteiger partial charge in [0.2, 0.25) is 11.8 Å². The molecule has 1 aliphatic rings. The smallest absolute Gasteiger partial charge is 0.316 e. The van der Waals surface area contributed by atoms with Crippen LogP contribution in [0.15, 0.2) is 53.5 Å². The zero-order valence-corrected chi connectivity index (χ0v) is 27.7. The summed E-state index contributed by atoms with van der Waals surface area (Å²) in [6, 6.07) is 10.6. The van der Waals surface area contributed by atoms with Gasteiger partial charge in [-0.15, -0.1) is 0 Å². The third-order valence-corrected chi connectivity index (χ3v) is 8.44. The number of carbonyl (C=O) groups is 3. The normalized spacial score (nSPS) is 16.1. The van der Waals surface area contributed by atoms with Crippen LogP contribution in [0.4, 0.5) is 0 Å². The van der Waals surface area contributed by atoms with Crippen LogP contribution in [0.5, 0.6) is 11.5 Å². The lowest BCUT2D eigenvalue weighted by molar-refractivity contribution is -0.539. The first-order valence-electron chi connectivity index (χ1n) is 15.5. The number of guanidine groups is 1. The van der Waals surface area contributed by atoms with Crippen molar-refractivity contribution in [2.45, 2.75) is 70.1 Å². The fourth-order valence-corrected chi connectivity index (χ4v) is 4.76. The number of ether oxygens (including phenoxy) is 1. The molecule has 1 aliphatic heterocycles. The van der Waals surface area contributed by atoms with E-state index in [1.165, 1.54) is 12.1 Å². The molecule has 0 fully saturated rings. The Bertz CT molecular complexity index is 1490. The first kappa shape index (κ1) is 37.4. The van der Waals surface area contributed by atoms with Crippen molar-refractivity contribution < 1.29 is 34.2 Å². The molecular formula is C32H46N9O7. The number of nitrogens with two attached hydrogens (primary N) is 3. The van der Waals surface area contributed by atoms with Gasteiger partial charge >= 0.3 is 5.84 Å². The van der Waals surface area contributed by atoms with Gasteiger partial charge in [0, 0.05) is 31.3 Å². The van der Waals surface area contributed by atoms with Gasteiger partial charge in [-0.3, -0.25) is 24.1 Å². The number of rotatable bonds is 16. The fourth-order valence-electron chi connectivity index (χ4n) is 4.76. The third kappa shape index (κ3) is 9.48. The van der Waals surface area contributed by atoms with Gasteiger partial charge in [0.05, 0.1) is 11.6 Å². The zero-order valence-electron chi connectivity index (χ0n) is 27.7. The quantitative estimate of drug-likeness (QED) is 0.0400. The Balaban J connectivity index is 1.48. The molecule has 0 unspecified atom stereocenters. The molecule has 0 aromatic heterocycles. The van der Waals surface area contributed by atoms with Gasteiger partial charge in [-0.25, -0.2) is 0 Å². The second-order valence-corrected chi connectivity index (χ2v) is 12.5. The highest BCUT2D eigenvalue weighted by molar-refractivity contribution is 5.96. The molecule has 0 saturated heterocycles. The molecule has 3 amide bonds. The predicted molar refractivity (Wildman–Crippen MR) is 178 cm³/mol. The van der Waals surface area contributed by atoms with Crippen LogP contribution in [0.25, 0.3) is 0 Å². The van der Waals surface area contributed by atoms with Gasteiger partial charge in [0.1, 0.15) is 23.1 Å². The number of amidine groups is 1. The second-order valence-electron chi connectivity index (χ2n) is 12.5. The molecule has 0 saturated carbocycles. The summed E-state index contributed by atoms with van der Waals surface area (Å²) in [5, 5.41) is 44.1. The lowest BCUT2D eigenvalue weighted by Crippen LogP contribution is -2.53. The van der Waals surface area contributed by atoms with Gasteiger partial charge in [0.25, 0.3) is 5.91 Å². The first-order chi connectivity index (χ1) is 22.5. The van der Waals surface area contributed by atoms with E-state index < -0.39 is 40.9 Å². The molecule has 48 heavy (non-hydrogen) atoms. The van der Waals surface area contributed by atoms with E-state index in [9.17, 15) is 29.9 Å². The van der Waals surface area contributed by atoms with Crippen LogP contribution >= 0.6 is 0 Å². The molecule has 261 valence electrons. The topological polar surface area (TPSA) is 256 Å². The standard InChI is InChI=1S/C32H46N9O7/c1-31(2)32(3,4)41(47)29(40(31)46)21-9-13-23(14-10-21)48-19-26(43)36-16-17-37-28(45)25(18-20-7-11-22(42)12-8-20)39-27(44)24(33)6-5-15-38-30(34)35/h7-14,24-25,42H,5-6,15-19,33H2,1-4H3,(H,36,43)(H,37,45)(H,39,44)(H4,34,35,38)/t24-,25-/m0/s1. The lowest BCUT2D eigenvalue weighted by Gasteiger charge is -2.32. The summed E-state index contributed by atoms with van der Waals surface area (Å²) in [6.07, 6.45) is 0.890. The zero-order chi connectivity index (χ0) is 35.6. The molecule has 16 nitrogen and oxygen atoms in total. The van der Waals surface area contributed by atoms with E-state index in [4.69, 9.17) is 21.9 Å². The van der Waals surface area contributed by atoms with Crippen LogP contribution in [0, 0.1) is 5.21 Å². The largest absolute Gasteiger partial charge is 0.714 e. The van der Waals surface area contributed by atoms with E-state index in [0.717, 1.165) is 9.80 Å². The van der Waals surface area contributed by atoms with Gasteiger partial charge in [0.15, 0.2) is 18.1 Å². The maximum Gasteiger partial charge on any atom is 0.316 e. The molecule has 2 aromatic carbocycles. The molecule has 16 heteroatoms. The molecule has 2 atom stereocenters. The summed E-state index contributed by atoms with van der Waals surface area (Å²) in [5.41, 5.74) is 15.9. The number of carbonyl (C=O) groups excluding carboxylic acids is 3. The number of phenolic OH excluding ortho intramolecular Hbond substituents is 1. The predicted octanol–water partition coefficient (Wildman–Crippen LogP) is -0.413. The Kier molecular flexibility index (Phi) is 12.6. The van der Waals surface area contributed by atoms with E-state index >= 15 is 0 Å². The van der Waals surface area contributed by atoms with E-state index in [1.807, 2.05) is 0 Å². The molecule has 0 bridgehead atoms. The summed E-state index contributed by atoms with van der Waals surface area (Å²) in [7, 11) is 0. The number of benzene rings is 2. The van der Waals surface area contributed by atoms with Gasteiger partial charge in [-0.1, -0.05) is 17.2 Å². The van der Waals surface area contributed by atoms with Crippen LogP contribution in [0.2, 0.25) is 0 Å². The maximum absolute atomic E-state index is 13.1. The molecule has 1 heterocycles. The van der Waals surface area contributed by atoms with Crippen molar-refractivity contribution in [2.24, 2.45) is 22.2 Å². The second kappa shape index (κ2) is 16.1. The minimum Gasteiger partial charge on any atom is -0.714 e. The number of aromatic hydroxyl groups is 1. The summed E-state index contributed by atoms with van der Waals surface area (Å²) in [6.45, 7) is 7.00. The number of hydrogen-bond donors (Lipinski definition) is 7. The summed E-state index contributed by atoms with van der Waals surface area (Å²) in [5.74, 6) is -1.10. The molecule has 1 radical (unpaired) electrons. The molecule has 10 N–H and O–H groups in total. The molecule has 2 aromatic rings. The number of nitrogens with one attached hydrogen (secondary N) is 3. The van der Waals surface area contributed by atoms with E-state index in [0.29, 0.717) is 36.3 Å². The highest BCUT2D eigenvalue weighted by atomic mass is 16.5. The Morgan fingerprint density at radius 3 is 2.21 bits per heavy atom. The Hall–Kier alpha value is -5.09. The monoisotopic (exact) mass is 668 g/mol. The summed E-state index contributed by atoms with van der Waals surface area (Å²) < 4.78 is 6.26. The van der Waals surface area contributed by atoms with Crippen molar-refractivity contribution >= 4 is 29.5 Å². The molecular weight excluding hydrogens is 622 g/mol. The Morgan fingerprint density at radius 2 is 1.62 bits per heavy atom. The SMILES string of the molecule is CC1(C)N([O])C(c2ccc(OCC(=O)NCCNC(=O)[C@H](Cc3ccc(O)cc3)NC(=O)[C@@H](N)CCCN=C(N)N)cc2)=[N+]([O-])C1(C)C. The highest BCUT2D eigenvalue weighted by Crippen LogP contribution is 2.37. The van der Waals surface area contributed by atoms with Crippen LogP contribution in [-0.2, 0) is 26.0 Å². The minimum atomic E-state index is -0.977. The average molecular weight is 669 g/mol. The van der Waals surface area contributed by atoms with Crippen molar-refractivity contribution in [2.75, 3.05) is 26.2 Å². The van der Waals surface area contributed by atoms with Gasteiger partial charge < -0.3 is 48.2 Å². The third-order valence-electron chi connectivity index (χ3n) is 8.44. The van der Waals surface area contributed by atoms with Crippen molar-refractivity contribution in [3.63, 3.8) is 0 Å². The van der Waals surface area contributed by atoms with E-state index in [-0.39, 0.29) is 43.7 Å². The summed E-state index contributed by atoms with van der Waals surface area (Å²) in [4.78, 5) is 42.0. The van der Waals surface area contributed by atoms with Crippen molar-refractivity contribution in [3.05, 3.63) is 64.9 Å². The first-order valence-corrected chi connectivity index (χ1v) is 15.5. The van der Waals surface area contributed by atoms with Crippen LogP contribution in [-0.4, -0.2) is 93.8 Å². The minimum absolute atomic E-state index is 0.00331. The number of hydroxylamine groups is 3. The van der Waals surface area contributed by atoms with Crippen LogP contribution < -0.4 is 37.9 Å².